The first-order chi connectivity index (χ1) is 6.54. The van der Waals surface area contributed by atoms with E-state index in [2.05, 4.69) is 20.9 Å². The highest BCUT2D eigenvalue weighted by atomic mass is 79.9. The Labute approximate surface area is 97.3 Å². The van der Waals surface area contributed by atoms with Crippen LogP contribution in [0.25, 0.3) is 0 Å². The molecular weight excluding hydrogens is 263 g/mol. The fourth-order valence-electron chi connectivity index (χ4n) is 1.07. The molecule has 0 aliphatic carbocycles. The van der Waals surface area contributed by atoms with E-state index in [-0.39, 0.29) is 5.88 Å². The minimum Gasteiger partial charge on any atom is -0.386 e. The summed E-state index contributed by atoms with van der Waals surface area (Å²) in [5, 5.41) is 0. The van der Waals surface area contributed by atoms with Crippen molar-refractivity contribution in [2.75, 3.05) is 5.88 Å². The number of aryl methyl sites for hydroxylation is 2. The van der Waals surface area contributed by atoms with Crippen LogP contribution in [0.1, 0.15) is 11.1 Å². The number of hydrogen-bond acceptors (Lipinski definition) is 1. The van der Waals surface area contributed by atoms with Gasteiger partial charge in [-0.3, -0.25) is 0 Å². The molecule has 0 heterocycles. The Morgan fingerprint density at radius 3 is 2.64 bits per heavy atom. The number of aliphatic imine (C=N–C) groups is 1. The van der Waals surface area contributed by atoms with E-state index in [1.807, 2.05) is 26.0 Å². The minimum atomic E-state index is 0.258. The largest absolute Gasteiger partial charge is 0.386 e. The van der Waals surface area contributed by atoms with Crippen LogP contribution in [0.2, 0.25) is 0 Å². The number of benzene rings is 1. The van der Waals surface area contributed by atoms with Gasteiger partial charge in [-0.05, 0) is 37.1 Å². The second-order valence-electron chi connectivity index (χ2n) is 3.12. The normalized spacial score (nSPS) is 11.9. The highest BCUT2D eigenvalue weighted by Gasteiger charge is 2.01. The molecule has 2 N–H and O–H groups in total. The van der Waals surface area contributed by atoms with E-state index in [0.717, 1.165) is 21.3 Å². The smallest absolute Gasteiger partial charge is 0.115 e. The highest BCUT2D eigenvalue weighted by Crippen LogP contribution is 2.26. The lowest BCUT2D eigenvalue weighted by molar-refractivity contribution is 1.32. The van der Waals surface area contributed by atoms with Crippen LogP contribution in [0, 0.1) is 13.8 Å². The van der Waals surface area contributed by atoms with Crippen molar-refractivity contribution in [1.82, 2.24) is 0 Å². The molecule has 0 aliphatic heterocycles. The number of rotatable bonds is 2. The molecule has 1 aromatic carbocycles. The molecule has 0 bridgehead atoms. The van der Waals surface area contributed by atoms with Crippen LogP contribution in [0.5, 0.6) is 0 Å². The summed E-state index contributed by atoms with van der Waals surface area (Å²) >= 11 is 9.02. The van der Waals surface area contributed by atoms with Crippen LogP contribution in [-0.4, -0.2) is 11.7 Å². The molecule has 0 saturated carbocycles. The summed E-state index contributed by atoms with van der Waals surface area (Å²) in [6.45, 7) is 4.00. The van der Waals surface area contributed by atoms with Crippen LogP contribution < -0.4 is 5.73 Å². The molecule has 4 heteroatoms. The van der Waals surface area contributed by atoms with Crippen molar-refractivity contribution in [3.05, 3.63) is 27.7 Å². The number of alkyl halides is 1. The van der Waals surface area contributed by atoms with Gasteiger partial charge in [0.25, 0.3) is 0 Å². The second kappa shape index (κ2) is 4.80. The Morgan fingerprint density at radius 1 is 1.43 bits per heavy atom. The Kier molecular flexibility index (Phi) is 3.96. The van der Waals surface area contributed by atoms with Gasteiger partial charge in [0.1, 0.15) is 5.84 Å². The first-order valence-corrected chi connectivity index (χ1v) is 5.53. The summed E-state index contributed by atoms with van der Waals surface area (Å²) in [5.41, 5.74) is 8.66. The average Bonchev–Trinajstić information content (AvgIpc) is 2.14. The van der Waals surface area contributed by atoms with Gasteiger partial charge < -0.3 is 5.73 Å². The summed E-state index contributed by atoms with van der Waals surface area (Å²) in [6, 6.07) is 4.01. The zero-order valence-corrected chi connectivity index (χ0v) is 10.5. The molecule has 76 valence electrons. The predicted molar refractivity (Wildman–Crippen MR) is 65.6 cm³/mol. The standard InChI is InChI=1S/C10H12BrClN2/c1-6-4-9(14-10(13)5-12)7(2)3-8(6)11/h3-4H,5H2,1-2H3,(H2,13,14). The quantitative estimate of drug-likeness (QED) is 0.502. The van der Waals surface area contributed by atoms with E-state index in [0.29, 0.717) is 5.84 Å². The van der Waals surface area contributed by atoms with Crippen molar-refractivity contribution >= 4 is 39.1 Å². The molecule has 1 rings (SSSR count). The number of hydrogen-bond donors (Lipinski definition) is 1. The molecule has 0 unspecified atom stereocenters. The number of nitrogens with zero attached hydrogens (tertiary/aromatic N) is 1. The van der Waals surface area contributed by atoms with Gasteiger partial charge >= 0.3 is 0 Å². The lowest BCUT2D eigenvalue weighted by Crippen LogP contribution is -2.12. The van der Waals surface area contributed by atoms with Crippen molar-refractivity contribution in [3.8, 4) is 0 Å². The van der Waals surface area contributed by atoms with E-state index in [9.17, 15) is 0 Å². The maximum absolute atomic E-state index is 5.57. The van der Waals surface area contributed by atoms with Crippen LogP contribution in [0.4, 0.5) is 5.69 Å². The van der Waals surface area contributed by atoms with Gasteiger partial charge in [0, 0.05) is 4.47 Å². The lowest BCUT2D eigenvalue weighted by atomic mass is 10.1. The monoisotopic (exact) mass is 274 g/mol. The summed E-state index contributed by atoms with van der Waals surface area (Å²) < 4.78 is 1.08. The van der Waals surface area contributed by atoms with Crippen molar-refractivity contribution in [3.63, 3.8) is 0 Å². The topological polar surface area (TPSA) is 38.4 Å². The average molecular weight is 276 g/mol. The molecule has 2 nitrogen and oxygen atoms in total. The third kappa shape index (κ3) is 2.72. The Bertz CT molecular complexity index is 375. The molecular formula is C10H12BrClN2. The van der Waals surface area contributed by atoms with Crippen molar-refractivity contribution < 1.29 is 0 Å². The Morgan fingerprint density at radius 2 is 2.07 bits per heavy atom. The first-order valence-electron chi connectivity index (χ1n) is 4.20. The zero-order valence-electron chi connectivity index (χ0n) is 8.14. The molecule has 14 heavy (non-hydrogen) atoms. The second-order valence-corrected chi connectivity index (χ2v) is 4.25. The van der Waals surface area contributed by atoms with Crippen molar-refractivity contribution in [1.29, 1.82) is 0 Å². The van der Waals surface area contributed by atoms with Crippen molar-refractivity contribution in [2.24, 2.45) is 10.7 Å². The number of halogens is 2. The highest BCUT2D eigenvalue weighted by molar-refractivity contribution is 9.10. The Balaban J connectivity index is 3.16. The Hall–Kier alpha value is -0.540. The fourth-order valence-corrected chi connectivity index (χ4v) is 1.59. The molecule has 1 aromatic rings. The van der Waals surface area contributed by atoms with E-state index >= 15 is 0 Å². The van der Waals surface area contributed by atoms with E-state index in [1.165, 1.54) is 0 Å². The maximum atomic E-state index is 5.57. The number of nitrogens with two attached hydrogens (primary N) is 1. The van der Waals surface area contributed by atoms with E-state index < -0.39 is 0 Å². The van der Waals surface area contributed by atoms with Gasteiger partial charge in [-0.25, -0.2) is 4.99 Å². The van der Waals surface area contributed by atoms with Gasteiger partial charge in [-0.1, -0.05) is 15.9 Å². The number of amidine groups is 1. The van der Waals surface area contributed by atoms with Crippen molar-refractivity contribution in [2.45, 2.75) is 13.8 Å². The van der Waals surface area contributed by atoms with Gasteiger partial charge in [0.15, 0.2) is 0 Å². The zero-order chi connectivity index (χ0) is 10.7. The summed E-state index contributed by atoms with van der Waals surface area (Å²) in [7, 11) is 0. The molecule has 0 radical (unpaired) electrons. The SMILES string of the molecule is Cc1cc(N=C(N)CCl)c(C)cc1Br. The minimum absolute atomic E-state index is 0.258. The molecule has 0 saturated heterocycles. The van der Waals surface area contributed by atoms with Gasteiger partial charge in [-0.15, -0.1) is 11.6 Å². The van der Waals surface area contributed by atoms with Crippen LogP contribution in [0.15, 0.2) is 21.6 Å². The molecule has 0 amide bonds. The first kappa shape index (κ1) is 11.5. The molecule has 0 spiro atoms. The van der Waals surface area contributed by atoms with E-state index in [1.54, 1.807) is 0 Å². The van der Waals surface area contributed by atoms with Crippen LogP contribution in [-0.2, 0) is 0 Å². The van der Waals surface area contributed by atoms with Crippen LogP contribution in [0.3, 0.4) is 0 Å². The van der Waals surface area contributed by atoms with Gasteiger partial charge in [0.05, 0.1) is 11.6 Å². The predicted octanol–water partition coefficient (Wildman–Crippen LogP) is 3.29. The van der Waals surface area contributed by atoms with E-state index in [4.69, 9.17) is 17.3 Å². The summed E-state index contributed by atoms with van der Waals surface area (Å²) in [5.74, 6) is 0.700. The molecule has 0 aromatic heterocycles. The molecule has 0 atom stereocenters. The molecule has 0 fully saturated rings. The summed E-state index contributed by atoms with van der Waals surface area (Å²) in [4.78, 5) is 4.22. The van der Waals surface area contributed by atoms with Crippen LogP contribution >= 0.6 is 27.5 Å². The summed E-state index contributed by atoms with van der Waals surface area (Å²) in [6.07, 6.45) is 0. The van der Waals surface area contributed by atoms with Gasteiger partial charge in [0.2, 0.25) is 0 Å². The third-order valence-corrected chi connectivity index (χ3v) is 3.01. The fraction of sp³-hybridized carbons (Fsp3) is 0.300. The maximum Gasteiger partial charge on any atom is 0.115 e. The lowest BCUT2D eigenvalue weighted by Gasteiger charge is -2.05. The third-order valence-electron chi connectivity index (χ3n) is 1.88. The van der Waals surface area contributed by atoms with Gasteiger partial charge in [-0.2, -0.15) is 0 Å². The molecule has 0 aliphatic rings.